The smallest absolute Gasteiger partial charge is 0.340 e. The highest BCUT2D eigenvalue weighted by atomic mass is 16.5. The van der Waals surface area contributed by atoms with Crippen molar-refractivity contribution in [1.82, 2.24) is 10.4 Å². The van der Waals surface area contributed by atoms with Crippen molar-refractivity contribution in [3.63, 3.8) is 0 Å². The SMILES string of the molecule is CCOC(=O)c1c(C)[nH]c(/C=C2/C(=O)NN=C2OC(C)C)c1C. The molecule has 1 aromatic heterocycles. The van der Waals surface area contributed by atoms with Crippen LogP contribution in [0.3, 0.4) is 0 Å². The van der Waals surface area contributed by atoms with Crippen LogP contribution in [0.5, 0.6) is 0 Å². The average molecular weight is 319 g/mol. The molecule has 1 amide bonds. The van der Waals surface area contributed by atoms with E-state index in [1.807, 2.05) is 13.8 Å². The topological polar surface area (TPSA) is 92.8 Å². The number of aromatic amines is 1. The van der Waals surface area contributed by atoms with Gasteiger partial charge in [-0.05, 0) is 46.3 Å². The summed E-state index contributed by atoms with van der Waals surface area (Å²) in [5.41, 5.74) is 5.24. The summed E-state index contributed by atoms with van der Waals surface area (Å²) in [5.74, 6) is -0.481. The fourth-order valence-electron chi connectivity index (χ4n) is 2.33. The zero-order chi connectivity index (χ0) is 17.1. The van der Waals surface area contributed by atoms with Crippen LogP contribution < -0.4 is 5.43 Å². The van der Waals surface area contributed by atoms with E-state index in [0.29, 0.717) is 29.1 Å². The molecule has 0 saturated carbocycles. The molecule has 0 aliphatic carbocycles. The molecule has 1 aromatic rings. The van der Waals surface area contributed by atoms with Crippen LogP contribution in [-0.4, -0.2) is 35.5 Å². The van der Waals surface area contributed by atoms with Crippen LogP contribution in [0.2, 0.25) is 0 Å². The number of hydrogen-bond donors (Lipinski definition) is 2. The first-order valence-corrected chi connectivity index (χ1v) is 7.48. The summed E-state index contributed by atoms with van der Waals surface area (Å²) >= 11 is 0. The maximum Gasteiger partial charge on any atom is 0.340 e. The Balaban J connectivity index is 2.39. The van der Waals surface area contributed by atoms with E-state index in [9.17, 15) is 9.59 Å². The van der Waals surface area contributed by atoms with Crippen LogP contribution in [0.1, 0.15) is 48.1 Å². The van der Waals surface area contributed by atoms with Gasteiger partial charge in [-0.2, -0.15) is 0 Å². The van der Waals surface area contributed by atoms with Gasteiger partial charge in [0, 0.05) is 11.4 Å². The number of H-pyrrole nitrogens is 1. The molecule has 124 valence electrons. The molecule has 0 unspecified atom stereocenters. The van der Waals surface area contributed by atoms with E-state index in [-0.39, 0.29) is 23.9 Å². The zero-order valence-electron chi connectivity index (χ0n) is 13.9. The Labute approximate surface area is 134 Å². The van der Waals surface area contributed by atoms with Gasteiger partial charge in [0.15, 0.2) is 0 Å². The molecule has 1 aliphatic rings. The molecule has 23 heavy (non-hydrogen) atoms. The number of esters is 1. The van der Waals surface area contributed by atoms with E-state index in [1.165, 1.54) is 0 Å². The highest BCUT2D eigenvalue weighted by Crippen LogP contribution is 2.22. The number of hydrogen-bond acceptors (Lipinski definition) is 5. The van der Waals surface area contributed by atoms with E-state index in [0.717, 1.165) is 5.56 Å². The lowest BCUT2D eigenvalue weighted by molar-refractivity contribution is -0.116. The average Bonchev–Trinajstić information content (AvgIpc) is 2.93. The molecular weight excluding hydrogens is 298 g/mol. The van der Waals surface area contributed by atoms with Gasteiger partial charge in [0.1, 0.15) is 5.57 Å². The van der Waals surface area contributed by atoms with E-state index in [4.69, 9.17) is 9.47 Å². The second kappa shape index (κ2) is 6.68. The first kappa shape index (κ1) is 16.8. The highest BCUT2D eigenvalue weighted by molar-refractivity contribution is 6.24. The number of amides is 1. The Morgan fingerprint density at radius 2 is 2.04 bits per heavy atom. The molecule has 0 radical (unpaired) electrons. The van der Waals surface area contributed by atoms with Crippen LogP contribution in [0, 0.1) is 13.8 Å². The monoisotopic (exact) mass is 319 g/mol. The Morgan fingerprint density at radius 1 is 1.35 bits per heavy atom. The molecule has 7 nitrogen and oxygen atoms in total. The van der Waals surface area contributed by atoms with Crippen molar-refractivity contribution in [2.45, 2.75) is 40.7 Å². The van der Waals surface area contributed by atoms with Gasteiger partial charge in [0.2, 0.25) is 5.90 Å². The minimum Gasteiger partial charge on any atom is -0.473 e. The Kier molecular flexibility index (Phi) is 4.88. The summed E-state index contributed by atoms with van der Waals surface area (Å²) in [6.07, 6.45) is 1.53. The summed E-state index contributed by atoms with van der Waals surface area (Å²) in [4.78, 5) is 27.1. The first-order chi connectivity index (χ1) is 10.8. The molecule has 2 heterocycles. The highest BCUT2D eigenvalue weighted by Gasteiger charge is 2.26. The molecule has 0 bridgehead atoms. The Bertz CT molecular complexity index is 698. The fourth-order valence-corrected chi connectivity index (χ4v) is 2.33. The predicted molar refractivity (Wildman–Crippen MR) is 86.0 cm³/mol. The molecule has 2 N–H and O–H groups in total. The number of nitrogens with zero attached hydrogens (tertiary/aromatic N) is 1. The minimum atomic E-state index is -0.383. The van der Waals surface area contributed by atoms with E-state index in [2.05, 4.69) is 15.5 Å². The maximum absolute atomic E-state index is 12.0. The van der Waals surface area contributed by atoms with Crippen molar-refractivity contribution in [2.75, 3.05) is 6.61 Å². The standard InChI is InChI=1S/C16H21N3O4/c1-6-22-16(21)13-9(4)12(17-10(13)5)7-11-14(20)18-19-15(11)23-8(2)3/h7-8,17H,6H2,1-5H3,(H,18,20)/b11-7-. The third-order valence-corrected chi connectivity index (χ3v) is 3.33. The molecule has 2 rings (SSSR count). The van der Waals surface area contributed by atoms with Gasteiger partial charge in [0.25, 0.3) is 5.91 Å². The van der Waals surface area contributed by atoms with E-state index < -0.39 is 0 Å². The molecule has 0 aromatic carbocycles. The van der Waals surface area contributed by atoms with Crippen LogP contribution in [0.4, 0.5) is 0 Å². The number of aromatic nitrogens is 1. The summed E-state index contributed by atoms with van der Waals surface area (Å²) < 4.78 is 10.6. The van der Waals surface area contributed by atoms with Crippen molar-refractivity contribution in [2.24, 2.45) is 5.10 Å². The number of rotatable bonds is 4. The zero-order valence-corrected chi connectivity index (χ0v) is 13.9. The third-order valence-electron chi connectivity index (χ3n) is 3.33. The van der Waals surface area contributed by atoms with Crippen LogP contribution >= 0.6 is 0 Å². The molecule has 0 saturated heterocycles. The lowest BCUT2D eigenvalue weighted by atomic mass is 10.1. The Hall–Kier alpha value is -2.57. The normalized spacial score (nSPS) is 15.8. The first-order valence-electron chi connectivity index (χ1n) is 7.48. The summed E-state index contributed by atoms with van der Waals surface area (Å²) in [6, 6.07) is 0. The van der Waals surface area contributed by atoms with Crippen molar-refractivity contribution in [3.8, 4) is 0 Å². The van der Waals surface area contributed by atoms with Crippen LogP contribution in [-0.2, 0) is 14.3 Å². The predicted octanol–water partition coefficient (Wildman–Crippen LogP) is 2.06. The quantitative estimate of drug-likeness (QED) is 0.656. The second-order valence-electron chi connectivity index (χ2n) is 5.47. The molecule has 1 aliphatic heterocycles. The van der Waals surface area contributed by atoms with Gasteiger partial charge in [-0.15, -0.1) is 5.10 Å². The minimum absolute atomic E-state index is 0.105. The number of carbonyl (C=O) groups excluding carboxylic acids is 2. The van der Waals surface area contributed by atoms with E-state index in [1.54, 1.807) is 26.8 Å². The lowest BCUT2D eigenvalue weighted by Gasteiger charge is -2.08. The third kappa shape index (κ3) is 3.44. The van der Waals surface area contributed by atoms with Gasteiger partial charge in [-0.3, -0.25) is 4.79 Å². The molecule has 0 fully saturated rings. The molecular formula is C16H21N3O4. The van der Waals surface area contributed by atoms with Gasteiger partial charge >= 0.3 is 5.97 Å². The van der Waals surface area contributed by atoms with Crippen molar-refractivity contribution in [1.29, 1.82) is 0 Å². The number of aryl methyl sites for hydroxylation is 1. The van der Waals surface area contributed by atoms with Crippen molar-refractivity contribution in [3.05, 3.63) is 28.1 Å². The molecule has 0 spiro atoms. The van der Waals surface area contributed by atoms with Gasteiger partial charge in [-0.1, -0.05) is 0 Å². The summed E-state index contributed by atoms with van der Waals surface area (Å²) in [6.45, 7) is 9.36. The number of carbonyl (C=O) groups is 2. The molecule has 7 heteroatoms. The molecule has 0 atom stereocenters. The number of nitrogens with one attached hydrogen (secondary N) is 2. The fraction of sp³-hybridized carbons (Fsp3) is 0.438. The van der Waals surface area contributed by atoms with E-state index >= 15 is 0 Å². The largest absolute Gasteiger partial charge is 0.473 e. The van der Waals surface area contributed by atoms with Gasteiger partial charge in [-0.25, -0.2) is 10.2 Å². The van der Waals surface area contributed by atoms with Crippen molar-refractivity contribution >= 4 is 23.9 Å². The van der Waals surface area contributed by atoms with Crippen molar-refractivity contribution < 1.29 is 19.1 Å². The van der Waals surface area contributed by atoms with Gasteiger partial charge in [0.05, 0.1) is 18.3 Å². The number of ether oxygens (including phenoxy) is 2. The lowest BCUT2D eigenvalue weighted by Crippen LogP contribution is -2.16. The second-order valence-corrected chi connectivity index (χ2v) is 5.47. The van der Waals surface area contributed by atoms with Crippen LogP contribution in [0.15, 0.2) is 10.7 Å². The summed E-state index contributed by atoms with van der Waals surface area (Å²) in [7, 11) is 0. The maximum atomic E-state index is 12.0. The van der Waals surface area contributed by atoms with Crippen LogP contribution in [0.25, 0.3) is 6.08 Å². The summed E-state index contributed by atoms with van der Waals surface area (Å²) in [5, 5.41) is 3.88. The number of hydrazone groups is 1. The van der Waals surface area contributed by atoms with Gasteiger partial charge < -0.3 is 14.5 Å². The Morgan fingerprint density at radius 3 is 2.65 bits per heavy atom.